The van der Waals surface area contributed by atoms with Gasteiger partial charge in [-0.2, -0.15) is 0 Å². The van der Waals surface area contributed by atoms with Gasteiger partial charge in [0.15, 0.2) is 11.6 Å². The van der Waals surface area contributed by atoms with Crippen molar-refractivity contribution < 1.29 is 9.13 Å². The Labute approximate surface area is 116 Å². The van der Waals surface area contributed by atoms with Crippen LogP contribution in [0.4, 0.5) is 4.39 Å². The lowest BCUT2D eigenvalue weighted by Gasteiger charge is -2.06. The highest BCUT2D eigenvalue weighted by Crippen LogP contribution is 2.18. The lowest BCUT2D eigenvalue weighted by atomic mass is 10.2. The molecule has 0 aliphatic heterocycles. The highest BCUT2D eigenvalue weighted by Gasteiger charge is 2.04. The van der Waals surface area contributed by atoms with Gasteiger partial charge in [-0.3, -0.25) is 0 Å². The molecule has 0 saturated heterocycles. The molecule has 0 atom stereocenters. The molecule has 0 fully saturated rings. The summed E-state index contributed by atoms with van der Waals surface area (Å²) in [6.07, 6.45) is 2.93. The van der Waals surface area contributed by atoms with Crippen molar-refractivity contribution in [2.24, 2.45) is 0 Å². The first-order chi connectivity index (χ1) is 9.22. The Hall–Kier alpha value is -1.46. The summed E-state index contributed by atoms with van der Waals surface area (Å²) < 4.78 is 18.4. The summed E-state index contributed by atoms with van der Waals surface area (Å²) in [5.74, 6) is -0.0550. The largest absolute Gasteiger partial charge is 0.494 e. The second-order valence-electron chi connectivity index (χ2n) is 4.15. The van der Waals surface area contributed by atoms with E-state index in [1.54, 1.807) is 17.4 Å². The molecule has 0 amide bonds. The fourth-order valence-electron chi connectivity index (χ4n) is 1.73. The van der Waals surface area contributed by atoms with Gasteiger partial charge in [0.05, 0.1) is 7.11 Å². The van der Waals surface area contributed by atoms with Crippen molar-refractivity contribution in [3.63, 3.8) is 0 Å². The van der Waals surface area contributed by atoms with Crippen molar-refractivity contribution in [1.82, 2.24) is 10.3 Å². The maximum absolute atomic E-state index is 13.5. The lowest BCUT2D eigenvalue weighted by Crippen LogP contribution is -2.12. The van der Waals surface area contributed by atoms with Crippen LogP contribution in [0.15, 0.2) is 24.4 Å². The van der Waals surface area contributed by atoms with E-state index in [2.05, 4.69) is 17.2 Å². The first-order valence-electron chi connectivity index (χ1n) is 6.19. The highest BCUT2D eigenvalue weighted by molar-refractivity contribution is 7.11. The molecule has 0 bridgehead atoms. The minimum atomic E-state index is -0.329. The van der Waals surface area contributed by atoms with Crippen molar-refractivity contribution >= 4 is 11.3 Å². The predicted molar refractivity (Wildman–Crippen MR) is 75.0 cm³/mol. The fraction of sp³-hybridized carbons (Fsp3) is 0.357. The van der Waals surface area contributed by atoms with Crippen LogP contribution < -0.4 is 10.1 Å². The summed E-state index contributed by atoms with van der Waals surface area (Å²) in [6, 6.07) is 4.99. The van der Waals surface area contributed by atoms with Crippen molar-refractivity contribution in [2.45, 2.75) is 26.4 Å². The number of thiazole rings is 1. The van der Waals surface area contributed by atoms with Crippen LogP contribution in [0.3, 0.4) is 0 Å². The fourth-order valence-corrected chi connectivity index (χ4v) is 2.56. The summed E-state index contributed by atoms with van der Waals surface area (Å²) in [5, 5.41) is 4.32. The van der Waals surface area contributed by atoms with Crippen molar-refractivity contribution in [3.05, 3.63) is 45.7 Å². The Morgan fingerprint density at radius 2 is 2.21 bits per heavy atom. The van der Waals surface area contributed by atoms with Crippen LogP contribution in [0.5, 0.6) is 5.75 Å². The molecule has 0 saturated carbocycles. The first kappa shape index (κ1) is 14.0. The van der Waals surface area contributed by atoms with Gasteiger partial charge in [0.25, 0.3) is 0 Å². The molecule has 1 aromatic carbocycles. The Kier molecular flexibility index (Phi) is 4.87. The molecule has 0 unspecified atom stereocenters. The van der Waals surface area contributed by atoms with Gasteiger partial charge in [0, 0.05) is 24.2 Å². The van der Waals surface area contributed by atoms with Crippen LogP contribution in [-0.2, 0) is 19.5 Å². The van der Waals surface area contributed by atoms with E-state index in [1.165, 1.54) is 18.1 Å². The molecule has 19 heavy (non-hydrogen) atoms. The van der Waals surface area contributed by atoms with Crippen molar-refractivity contribution in [3.8, 4) is 5.75 Å². The Morgan fingerprint density at radius 3 is 2.84 bits per heavy atom. The zero-order valence-electron chi connectivity index (χ0n) is 11.1. The lowest BCUT2D eigenvalue weighted by molar-refractivity contribution is 0.386. The first-order valence-corrected chi connectivity index (χ1v) is 7.01. The van der Waals surface area contributed by atoms with Gasteiger partial charge in [-0.1, -0.05) is 13.0 Å². The van der Waals surface area contributed by atoms with Crippen molar-refractivity contribution in [2.75, 3.05) is 7.11 Å². The molecular formula is C14H17FN2OS. The number of aryl methyl sites for hydroxylation is 1. The normalized spacial score (nSPS) is 10.7. The zero-order valence-corrected chi connectivity index (χ0v) is 11.9. The molecule has 1 heterocycles. The summed E-state index contributed by atoms with van der Waals surface area (Å²) in [6.45, 7) is 3.44. The Bertz CT molecular complexity index is 542. The predicted octanol–water partition coefficient (Wildman–Crippen LogP) is 3.14. The van der Waals surface area contributed by atoms with Crippen LogP contribution in [0.1, 0.15) is 22.4 Å². The summed E-state index contributed by atoms with van der Waals surface area (Å²) in [7, 11) is 1.46. The van der Waals surface area contributed by atoms with E-state index in [1.807, 2.05) is 12.3 Å². The van der Waals surface area contributed by atoms with Gasteiger partial charge in [-0.15, -0.1) is 11.3 Å². The van der Waals surface area contributed by atoms with Gasteiger partial charge in [0.1, 0.15) is 5.01 Å². The third kappa shape index (κ3) is 3.75. The maximum atomic E-state index is 13.5. The average molecular weight is 280 g/mol. The second-order valence-corrected chi connectivity index (χ2v) is 5.35. The molecule has 0 radical (unpaired) electrons. The minimum Gasteiger partial charge on any atom is -0.494 e. The quantitative estimate of drug-likeness (QED) is 0.882. The van der Waals surface area contributed by atoms with E-state index in [0.29, 0.717) is 13.1 Å². The highest BCUT2D eigenvalue weighted by atomic mass is 32.1. The van der Waals surface area contributed by atoms with E-state index in [0.717, 1.165) is 17.0 Å². The number of aromatic nitrogens is 1. The number of methoxy groups -OCH3 is 1. The van der Waals surface area contributed by atoms with Gasteiger partial charge >= 0.3 is 0 Å². The average Bonchev–Trinajstić information content (AvgIpc) is 2.87. The van der Waals surface area contributed by atoms with Gasteiger partial charge < -0.3 is 10.1 Å². The van der Waals surface area contributed by atoms with Crippen LogP contribution >= 0.6 is 11.3 Å². The summed E-state index contributed by atoms with van der Waals surface area (Å²) >= 11 is 1.71. The summed E-state index contributed by atoms with van der Waals surface area (Å²) in [4.78, 5) is 5.61. The third-order valence-corrected chi connectivity index (χ3v) is 3.91. The molecule has 0 spiro atoms. The van der Waals surface area contributed by atoms with Crippen LogP contribution in [0, 0.1) is 5.82 Å². The van der Waals surface area contributed by atoms with E-state index in [4.69, 9.17) is 4.74 Å². The SMILES string of the molecule is CCc1cnc(CNCc2ccc(OC)c(F)c2)s1. The smallest absolute Gasteiger partial charge is 0.165 e. The molecule has 5 heteroatoms. The van der Waals surface area contributed by atoms with Crippen LogP contribution in [-0.4, -0.2) is 12.1 Å². The minimum absolute atomic E-state index is 0.274. The Balaban J connectivity index is 1.87. The molecule has 1 N–H and O–H groups in total. The molecule has 0 aliphatic carbocycles. The van der Waals surface area contributed by atoms with Gasteiger partial charge in [0.2, 0.25) is 0 Å². The van der Waals surface area contributed by atoms with Gasteiger partial charge in [-0.05, 0) is 24.1 Å². The summed E-state index contributed by atoms with van der Waals surface area (Å²) in [5.41, 5.74) is 0.894. The van der Waals surface area contributed by atoms with E-state index in [9.17, 15) is 4.39 Å². The van der Waals surface area contributed by atoms with E-state index in [-0.39, 0.29) is 11.6 Å². The number of benzene rings is 1. The number of hydrogen-bond acceptors (Lipinski definition) is 4. The van der Waals surface area contributed by atoms with Crippen LogP contribution in [0.2, 0.25) is 0 Å². The number of nitrogens with zero attached hydrogens (tertiary/aromatic N) is 1. The topological polar surface area (TPSA) is 34.2 Å². The maximum Gasteiger partial charge on any atom is 0.165 e. The molecule has 0 aliphatic rings. The molecule has 1 aromatic heterocycles. The number of nitrogens with one attached hydrogen (secondary N) is 1. The molecule has 3 nitrogen and oxygen atoms in total. The second kappa shape index (κ2) is 6.63. The monoisotopic (exact) mass is 280 g/mol. The Morgan fingerprint density at radius 1 is 1.37 bits per heavy atom. The molecular weight excluding hydrogens is 263 g/mol. The standard InChI is InChI=1S/C14H17FN2OS/c1-3-11-8-17-14(19-11)9-16-7-10-4-5-13(18-2)12(15)6-10/h4-6,8,16H,3,7,9H2,1-2H3. The van der Waals surface area contributed by atoms with Crippen LogP contribution in [0.25, 0.3) is 0 Å². The molecule has 2 aromatic rings. The van der Waals surface area contributed by atoms with E-state index >= 15 is 0 Å². The van der Waals surface area contributed by atoms with Crippen molar-refractivity contribution in [1.29, 1.82) is 0 Å². The number of hydrogen-bond donors (Lipinski definition) is 1. The molecule has 2 rings (SSSR count). The number of halogens is 1. The zero-order chi connectivity index (χ0) is 13.7. The number of rotatable bonds is 6. The number of ether oxygens (including phenoxy) is 1. The van der Waals surface area contributed by atoms with E-state index < -0.39 is 0 Å². The van der Waals surface area contributed by atoms with Gasteiger partial charge in [-0.25, -0.2) is 9.37 Å². The third-order valence-electron chi connectivity index (χ3n) is 2.77. The molecule has 102 valence electrons.